The molecule has 158 valence electrons. The molecule has 0 atom stereocenters. The van der Waals surface area contributed by atoms with Gasteiger partial charge >= 0.3 is 0 Å². The summed E-state index contributed by atoms with van der Waals surface area (Å²) in [7, 11) is 0. The van der Waals surface area contributed by atoms with Crippen LogP contribution in [-0.4, -0.2) is 21.2 Å². The van der Waals surface area contributed by atoms with Crippen LogP contribution in [0.5, 0.6) is 5.75 Å². The first-order valence-corrected chi connectivity index (χ1v) is 11.1. The van der Waals surface area contributed by atoms with Crippen LogP contribution in [0.1, 0.15) is 30.2 Å². The fourth-order valence-corrected chi connectivity index (χ4v) is 4.34. The summed E-state index contributed by atoms with van der Waals surface area (Å²) in [6.45, 7) is 2.68. The molecule has 0 saturated heterocycles. The smallest absolute Gasteiger partial charge is 0.296 e. The molecule has 0 spiro atoms. The quantitative estimate of drug-likeness (QED) is 0.426. The summed E-state index contributed by atoms with van der Waals surface area (Å²) in [5.74, 6) is 0.766. The van der Waals surface area contributed by atoms with Gasteiger partial charge in [0, 0.05) is 22.0 Å². The highest BCUT2D eigenvalue weighted by Crippen LogP contribution is 2.24. The molecule has 2 aromatic heterocycles. The average Bonchev–Trinajstić information content (AvgIpc) is 3.05. The monoisotopic (exact) mass is 473 g/mol. The lowest BCUT2D eigenvalue weighted by molar-refractivity contribution is 0.317. The van der Waals surface area contributed by atoms with E-state index in [-0.39, 0.29) is 22.6 Å². The minimum atomic E-state index is -0.463. The zero-order valence-electron chi connectivity index (χ0n) is 16.5. The Bertz CT molecular complexity index is 1390. The van der Waals surface area contributed by atoms with Crippen LogP contribution in [-0.2, 0) is 6.42 Å². The van der Waals surface area contributed by atoms with E-state index in [1.165, 1.54) is 0 Å². The number of nitrogens with zero attached hydrogens (tertiary/aromatic N) is 3. The van der Waals surface area contributed by atoms with Gasteiger partial charge < -0.3 is 4.74 Å². The lowest BCUT2D eigenvalue weighted by Gasteiger charge is -2.05. The lowest BCUT2D eigenvalue weighted by Crippen LogP contribution is -2.28. The zero-order valence-corrected chi connectivity index (χ0v) is 18.8. The SMILES string of the molecule is CCCOc1ccc(Cc2nn3c(=O)c(=Cc4c(Cl)cccc4Cl)sc3nc2=O)cc1. The Morgan fingerprint density at radius 2 is 1.81 bits per heavy atom. The molecule has 0 fully saturated rings. The maximum absolute atomic E-state index is 12.9. The maximum atomic E-state index is 12.9. The van der Waals surface area contributed by atoms with E-state index in [1.54, 1.807) is 24.3 Å². The predicted molar refractivity (Wildman–Crippen MR) is 124 cm³/mol. The highest BCUT2D eigenvalue weighted by Gasteiger charge is 2.13. The van der Waals surface area contributed by atoms with Crippen molar-refractivity contribution in [1.82, 2.24) is 14.6 Å². The van der Waals surface area contributed by atoms with E-state index < -0.39 is 5.56 Å². The van der Waals surface area contributed by atoms with Gasteiger partial charge in [0.1, 0.15) is 11.4 Å². The highest BCUT2D eigenvalue weighted by atomic mass is 35.5. The van der Waals surface area contributed by atoms with E-state index in [9.17, 15) is 9.59 Å². The Hall–Kier alpha value is -2.74. The molecule has 4 aromatic rings. The van der Waals surface area contributed by atoms with Crippen LogP contribution in [0.2, 0.25) is 10.0 Å². The third-order valence-corrected chi connectivity index (χ3v) is 6.11. The fourth-order valence-electron chi connectivity index (χ4n) is 2.95. The molecule has 0 aliphatic heterocycles. The van der Waals surface area contributed by atoms with Crippen molar-refractivity contribution in [3.8, 4) is 5.75 Å². The van der Waals surface area contributed by atoms with Crippen LogP contribution in [0.3, 0.4) is 0 Å². The maximum Gasteiger partial charge on any atom is 0.296 e. The minimum absolute atomic E-state index is 0.192. The Morgan fingerprint density at radius 3 is 2.48 bits per heavy atom. The van der Waals surface area contributed by atoms with Crippen molar-refractivity contribution in [2.75, 3.05) is 6.61 Å². The standard InChI is InChI=1S/C22H17Cl2N3O3S/c1-2-10-30-14-8-6-13(7-9-14)11-18-20(28)25-22-27(26-18)21(29)19(31-22)12-15-16(23)4-3-5-17(15)24/h3-9,12H,2,10-11H2,1H3. The van der Waals surface area contributed by atoms with Gasteiger partial charge in [-0.3, -0.25) is 9.59 Å². The van der Waals surface area contributed by atoms with Crippen molar-refractivity contribution in [2.45, 2.75) is 19.8 Å². The first-order chi connectivity index (χ1) is 15.0. The van der Waals surface area contributed by atoms with Crippen molar-refractivity contribution in [3.05, 3.63) is 94.6 Å². The van der Waals surface area contributed by atoms with Crippen LogP contribution >= 0.6 is 34.5 Å². The van der Waals surface area contributed by atoms with E-state index in [4.69, 9.17) is 27.9 Å². The second kappa shape index (κ2) is 9.18. The van der Waals surface area contributed by atoms with Crippen LogP contribution in [0.15, 0.2) is 52.1 Å². The molecule has 0 unspecified atom stereocenters. The molecule has 4 rings (SSSR count). The van der Waals surface area contributed by atoms with Gasteiger partial charge in [-0.15, -0.1) is 0 Å². The predicted octanol–water partition coefficient (Wildman–Crippen LogP) is 3.75. The summed E-state index contributed by atoms with van der Waals surface area (Å²) in [6.07, 6.45) is 2.77. The largest absolute Gasteiger partial charge is 0.494 e. The summed E-state index contributed by atoms with van der Waals surface area (Å²) < 4.78 is 7.06. The number of rotatable bonds is 6. The first-order valence-electron chi connectivity index (χ1n) is 9.56. The van der Waals surface area contributed by atoms with Crippen molar-refractivity contribution < 1.29 is 4.74 Å². The van der Waals surface area contributed by atoms with E-state index in [2.05, 4.69) is 10.1 Å². The van der Waals surface area contributed by atoms with Gasteiger partial charge in [-0.25, -0.2) is 0 Å². The molecule has 0 saturated carbocycles. The summed E-state index contributed by atoms with van der Waals surface area (Å²) >= 11 is 13.5. The number of halogens is 2. The Labute approximate surface area is 191 Å². The number of thiazole rings is 1. The van der Waals surface area contributed by atoms with Gasteiger partial charge in [0.05, 0.1) is 11.1 Å². The van der Waals surface area contributed by atoms with E-state index in [0.29, 0.717) is 26.7 Å². The van der Waals surface area contributed by atoms with Crippen LogP contribution in [0.4, 0.5) is 0 Å². The van der Waals surface area contributed by atoms with E-state index in [0.717, 1.165) is 33.6 Å². The molecule has 0 bridgehead atoms. The average molecular weight is 474 g/mol. The van der Waals surface area contributed by atoms with Crippen molar-refractivity contribution in [2.24, 2.45) is 0 Å². The molecule has 0 N–H and O–H groups in total. The number of aromatic nitrogens is 3. The molecule has 2 aromatic carbocycles. The van der Waals surface area contributed by atoms with Gasteiger partial charge in [-0.2, -0.15) is 14.6 Å². The van der Waals surface area contributed by atoms with Gasteiger partial charge in [-0.1, -0.05) is 59.7 Å². The van der Waals surface area contributed by atoms with E-state index in [1.807, 2.05) is 31.2 Å². The third-order valence-electron chi connectivity index (χ3n) is 4.49. The van der Waals surface area contributed by atoms with Gasteiger partial charge in [0.15, 0.2) is 0 Å². The summed E-state index contributed by atoms with van der Waals surface area (Å²) in [6, 6.07) is 12.5. The van der Waals surface area contributed by atoms with Crippen molar-refractivity contribution in [1.29, 1.82) is 0 Å². The first kappa shape index (κ1) is 21.5. The number of hydrogen-bond acceptors (Lipinski definition) is 6. The van der Waals surface area contributed by atoms with Crippen LogP contribution in [0.25, 0.3) is 11.0 Å². The molecule has 0 amide bonds. The van der Waals surface area contributed by atoms with Crippen molar-refractivity contribution >= 4 is 45.6 Å². The second-order valence-corrected chi connectivity index (χ2v) is 8.60. The number of hydrogen-bond donors (Lipinski definition) is 0. The minimum Gasteiger partial charge on any atom is -0.494 e. The normalized spacial score (nSPS) is 11.9. The number of fused-ring (bicyclic) bond motifs is 1. The topological polar surface area (TPSA) is 73.6 Å². The number of benzene rings is 2. The van der Waals surface area contributed by atoms with Crippen LogP contribution in [0, 0.1) is 0 Å². The molecule has 0 radical (unpaired) electrons. The van der Waals surface area contributed by atoms with Gasteiger partial charge in [0.2, 0.25) is 4.96 Å². The summed E-state index contributed by atoms with van der Waals surface area (Å²) in [5, 5.41) is 5.12. The van der Waals surface area contributed by atoms with Gasteiger partial charge in [-0.05, 0) is 42.3 Å². The Kier molecular flexibility index (Phi) is 6.36. The van der Waals surface area contributed by atoms with Gasteiger partial charge in [0.25, 0.3) is 11.1 Å². The van der Waals surface area contributed by atoms with Crippen molar-refractivity contribution in [3.63, 3.8) is 0 Å². The zero-order chi connectivity index (χ0) is 22.0. The molecule has 0 aliphatic carbocycles. The summed E-state index contributed by atoms with van der Waals surface area (Å²) in [5.41, 5.74) is 0.746. The molecule has 31 heavy (non-hydrogen) atoms. The highest BCUT2D eigenvalue weighted by molar-refractivity contribution is 7.15. The Balaban J connectivity index is 1.71. The number of ether oxygens (including phenoxy) is 1. The van der Waals surface area contributed by atoms with E-state index >= 15 is 0 Å². The third kappa shape index (κ3) is 4.63. The van der Waals surface area contributed by atoms with Crippen LogP contribution < -0.4 is 20.4 Å². The molecular formula is C22H17Cl2N3O3S. The second-order valence-electron chi connectivity index (χ2n) is 6.78. The molecule has 0 aliphatic rings. The molecule has 2 heterocycles. The lowest BCUT2D eigenvalue weighted by atomic mass is 10.1. The summed E-state index contributed by atoms with van der Waals surface area (Å²) in [4.78, 5) is 29.6. The Morgan fingerprint density at radius 1 is 1.10 bits per heavy atom. The molecule has 6 nitrogen and oxygen atoms in total. The fraction of sp³-hybridized carbons (Fsp3) is 0.182. The molecule has 9 heteroatoms. The molecular weight excluding hydrogens is 457 g/mol.